The Hall–Kier alpha value is -0.530. The third kappa shape index (κ3) is 5.53. The van der Waals surface area contributed by atoms with Gasteiger partial charge in [0.25, 0.3) is 0 Å². The maximum absolute atomic E-state index is 5.98. The number of benzene rings is 1. The van der Waals surface area contributed by atoms with Gasteiger partial charge in [0.05, 0.1) is 6.10 Å². The Kier molecular flexibility index (Phi) is 6.51. The molecule has 0 radical (unpaired) electrons. The van der Waals surface area contributed by atoms with Crippen LogP contribution >= 0.6 is 11.6 Å². The minimum Gasteiger partial charge on any atom is -0.379 e. The molecule has 0 aromatic heterocycles. The van der Waals surface area contributed by atoms with Gasteiger partial charge in [-0.25, -0.2) is 0 Å². The van der Waals surface area contributed by atoms with Crippen LogP contribution in [0, 0.1) is 5.92 Å². The summed E-state index contributed by atoms with van der Waals surface area (Å²) in [6.45, 7) is 4.93. The Labute approximate surface area is 104 Å². The third-order valence-electron chi connectivity index (χ3n) is 2.56. The van der Waals surface area contributed by atoms with E-state index in [1.807, 2.05) is 6.07 Å². The first-order valence-corrected chi connectivity index (χ1v) is 6.47. The molecule has 0 saturated carbocycles. The van der Waals surface area contributed by atoms with Crippen molar-refractivity contribution in [3.05, 3.63) is 35.9 Å². The van der Waals surface area contributed by atoms with E-state index >= 15 is 0 Å². The summed E-state index contributed by atoms with van der Waals surface area (Å²) in [7, 11) is 0. The van der Waals surface area contributed by atoms with Crippen LogP contribution in [0.1, 0.15) is 25.8 Å². The van der Waals surface area contributed by atoms with Crippen molar-refractivity contribution in [1.82, 2.24) is 0 Å². The molecule has 0 N–H and O–H groups in total. The van der Waals surface area contributed by atoms with Crippen molar-refractivity contribution in [2.24, 2.45) is 5.92 Å². The zero-order valence-corrected chi connectivity index (χ0v) is 10.9. The smallest absolute Gasteiger partial charge is 0.0518 e. The van der Waals surface area contributed by atoms with Gasteiger partial charge in [-0.1, -0.05) is 30.3 Å². The quantitative estimate of drug-likeness (QED) is 0.657. The first-order chi connectivity index (χ1) is 7.72. The maximum Gasteiger partial charge on any atom is 0.0518 e. The summed E-state index contributed by atoms with van der Waals surface area (Å²) in [4.78, 5) is 0. The monoisotopic (exact) mass is 240 g/mol. The van der Waals surface area contributed by atoms with Crippen LogP contribution in [-0.4, -0.2) is 18.6 Å². The highest BCUT2D eigenvalue weighted by atomic mass is 35.5. The number of hydrogen-bond acceptors (Lipinski definition) is 1. The average molecular weight is 241 g/mol. The van der Waals surface area contributed by atoms with Crippen LogP contribution in [0.2, 0.25) is 0 Å². The summed E-state index contributed by atoms with van der Waals surface area (Å²) < 4.78 is 5.55. The van der Waals surface area contributed by atoms with Gasteiger partial charge in [0.1, 0.15) is 0 Å². The molecule has 16 heavy (non-hydrogen) atoms. The molecule has 0 aliphatic carbocycles. The molecule has 0 bridgehead atoms. The number of alkyl halides is 1. The molecule has 1 rings (SSSR count). The lowest BCUT2D eigenvalue weighted by Gasteiger charge is -2.15. The highest BCUT2D eigenvalue weighted by Gasteiger charge is 2.08. The first kappa shape index (κ1) is 13.5. The second-order valence-corrected chi connectivity index (χ2v) is 4.73. The van der Waals surface area contributed by atoms with Gasteiger partial charge in [-0.2, -0.15) is 0 Å². The predicted octanol–water partition coefficient (Wildman–Crippen LogP) is 3.90. The minimum atomic E-state index is 0.313. The molecule has 1 aromatic carbocycles. The lowest BCUT2D eigenvalue weighted by atomic mass is 9.98. The van der Waals surface area contributed by atoms with Crippen molar-refractivity contribution in [2.75, 3.05) is 12.5 Å². The molecule has 0 aliphatic rings. The zero-order valence-electron chi connectivity index (χ0n) is 10.2. The summed E-state index contributed by atoms with van der Waals surface area (Å²) in [5.41, 5.74) is 1.36. The van der Waals surface area contributed by atoms with E-state index in [9.17, 15) is 0 Å². The van der Waals surface area contributed by atoms with Gasteiger partial charge in [0, 0.05) is 12.5 Å². The molecule has 2 heteroatoms. The van der Waals surface area contributed by atoms with Gasteiger partial charge in [-0.05, 0) is 38.2 Å². The standard InChI is InChI=1S/C14H21ClO/c1-12(2)16-9-8-14(11-15)10-13-6-4-3-5-7-13/h3-7,12,14H,8-11H2,1-2H3. The van der Waals surface area contributed by atoms with Gasteiger partial charge in [0.15, 0.2) is 0 Å². The molecule has 0 aliphatic heterocycles. The highest BCUT2D eigenvalue weighted by molar-refractivity contribution is 6.18. The summed E-state index contributed by atoms with van der Waals surface area (Å²) in [5.74, 6) is 1.22. The molecule has 0 fully saturated rings. The molecular weight excluding hydrogens is 220 g/mol. The summed E-state index contributed by atoms with van der Waals surface area (Å²) in [6.07, 6.45) is 2.40. The average Bonchev–Trinajstić information content (AvgIpc) is 2.28. The van der Waals surface area contributed by atoms with Gasteiger partial charge in [-0.3, -0.25) is 0 Å². The Morgan fingerprint density at radius 2 is 1.88 bits per heavy atom. The number of rotatable bonds is 7. The molecule has 1 atom stereocenters. The third-order valence-corrected chi connectivity index (χ3v) is 3.00. The summed E-state index contributed by atoms with van der Waals surface area (Å²) in [5, 5.41) is 0. The van der Waals surface area contributed by atoms with Crippen LogP contribution in [0.25, 0.3) is 0 Å². The lowest BCUT2D eigenvalue weighted by Crippen LogP contribution is -2.12. The van der Waals surface area contributed by atoms with Crippen LogP contribution in [0.15, 0.2) is 30.3 Å². The Balaban J connectivity index is 2.32. The van der Waals surface area contributed by atoms with Gasteiger partial charge < -0.3 is 4.74 Å². The second-order valence-electron chi connectivity index (χ2n) is 4.42. The van der Waals surface area contributed by atoms with E-state index in [1.54, 1.807) is 0 Å². The van der Waals surface area contributed by atoms with E-state index in [-0.39, 0.29) is 0 Å². The van der Waals surface area contributed by atoms with E-state index < -0.39 is 0 Å². The molecule has 0 spiro atoms. The van der Waals surface area contributed by atoms with Crippen LogP contribution in [-0.2, 0) is 11.2 Å². The first-order valence-electron chi connectivity index (χ1n) is 5.94. The van der Waals surface area contributed by atoms with Crippen molar-refractivity contribution in [3.8, 4) is 0 Å². The van der Waals surface area contributed by atoms with Crippen molar-refractivity contribution < 1.29 is 4.74 Å². The van der Waals surface area contributed by atoms with Crippen LogP contribution in [0.5, 0.6) is 0 Å². The Bertz CT molecular complexity index is 271. The molecule has 0 heterocycles. The van der Waals surface area contributed by atoms with Crippen LogP contribution in [0.3, 0.4) is 0 Å². The molecule has 1 unspecified atom stereocenters. The minimum absolute atomic E-state index is 0.313. The van der Waals surface area contributed by atoms with Gasteiger partial charge >= 0.3 is 0 Å². The van der Waals surface area contributed by atoms with Crippen molar-refractivity contribution in [2.45, 2.75) is 32.8 Å². The lowest BCUT2D eigenvalue weighted by molar-refractivity contribution is 0.0700. The number of ether oxygens (including phenoxy) is 1. The fourth-order valence-corrected chi connectivity index (χ4v) is 1.92. The fourth-order valence-electron chi connectivity index (χ4n) is 1.65. The number of hydrogen-bond donors (Lipinski definition) is 0. The van der Waals surface area contributed by atoms with E-state index in [1.165, 1.54) is 5.56 Å². The van der Waals surface area contributed by atoms with Gasteiger partial charge in [-0.15, -0.1) is 11.6 Å². The van der Waals surface area contributed by atoms with E-state index in [0.29, 0.717) is 17.9 Å². The van der Waals surface area contributed by atoms with Gasteiger partial charge in [0.2, 0.25) is 0 Å². The molecule has 1 aromatic rings. The molecule has 90 valence electrons. The normalized spacial score (nSPS) is 13.0. The Morgan fingerprint density at radius 3 is 2.44 bits per heavy atom. The number of halogens is 1. The van der Waals surface area contributed by atoms with Crippen LogP contribution < -0.4 is 0 Å². The molecule has 0 amide bonds. The molecule has 1 nitrogen and oxygen atoms in total. The van der Waals surface area contributed by atoms with Crippen molar-refractivity contribution in [1.29, 1.82) is 0 Å². The molecule has 0 saturated heterocycles. The van der Waals surface area contributed by atoms with E-state index in [2.05, 4.69) is 38.1 Å². The highest BCUT2D eigenvalue weighted by Crippen LogP contribution is 2.14. The zero-order chi connectivity index (χ0) is 11.8. The Morgan fingerprint density at radius 1 is 1.19 bits per heavy atom. The molecular formula is C14H21ClO. The summed E-state index contributed by atoms with van der Waals surface area (Å²) >= 11 is 5.98. The topological polar surface area (TPSA) is 9.23 Å². The second kappa shape index (κ2) is 7.70. The fraction of sp³-hybridized carbons (Fsp3) is 0.571. The van der Waals surface area contributed by atoms with E-state index in [4.69, 9.17) is 16.3 Å². The maximum atomic E-state index is 5.98. The van der Waals surface area contributed by atoms with Crippen LogP contribution in [0.4, 0.5) is 0 Å². The van der Waals surface area contributed by atoms with E-state index in [0.717, 1.165) is 19.4 Å². The SMILES string of the molecule is CC(C)OCCC(CCl)Cc1ccccc1. The van der Waals surface area contributed by atoms with Crippen molar-refractivity contribution >= 4 is 11.6 Å². The largest absolute Gasteiger partial charge is 0.379 e. The predicted molar refractivity (Wildman–Crippen MR) is 70.1 cm³/mol. The van der Waals surface area contributed by atoms with Crippen molar-refractivity contribution in [3.63, 3.8) is 0 Å². The summed E-state index contributed by atoms with van der Waals surface area (Å²) in [6, 6.07) is 10.5.